The van der Waals surface area contributed by atoms with Crippen LogP contribution < -0.4 is 15.8 Å². The summed E-state index contributed by atoms with van der Waals surface area (Å²) in [6, 6.07) is 3.25. The molecule has 1 saturated heterocycles. The maximum Gasteiger partial charge on any atom is 0.573 e. The molecule has 0 saturated carbocycles. The first-order valence-electron chi connectivity index (χ1n) is 12.9. The van der Waals surface area contributed by atoms with Crippen molar-refractivity contribution in [1.29, 1.82) is 0 Å². The summed E-state index contributed by atoms with van der Waals surface area (Å²) in [6.45, 7) is 0.665. The van der Waals surface area contributed by atoms with Crippen LogP contribution >= 0.6 is 0 Å². The minimum atomic E-state index is -4.86. The lowest BCUT2D eigenvalue weighted by molar-refractivity contribution is -0.274. The van der Waals surface area contributed by atoms with Gasteiger partial charge in [0.05, 0.1) is 11.8 Å². The van der Waals surface area contributed by atoms with Crippen LogP contribution in [-0.4, -0.2) is 53.2 Å². The minimum Gasteiger partial charge on any atom is -0.406 e. The van der Waals surface area contributed by atoms with E-state index >= 15 is 4.39 Å². The number of pyridine rings is 1. The number of aromatic amines is 1. The van der Waals surface area contributed by atoms with Gasteiger partial charge >= 0.3 is 6.36 Å². The van der Waals surface area contributed by atoms with E-state index in [-0.39, 0.29) is 29.0 Å². The third-order valence-corrected chi connectivity index (χ3v) is 7.73. The highest BCUT2D eigenvalue weighted by molar-refractivity contribution is 5.99. The molecular weight excluding hydrogens is 518 g/mol. The Hall–Kier alpha value is -3.83. The molecule has 2 aromatic heterocycles. The van der Waals surface area contributed by atoms with Gasteiger partial charge in [0.25, 0.3) is 5.91 Å². The zero-order valence-corrected chi connectivity index (χ0v) is 21.3. The van der Waals surface area contributed by atoms with Gasteiger partial charge in [-0.3, -0.25) is 9.59 Å². The fourth-order valence-corrected chi connectivity index (χ4v) is 5.86. The smallest absolute Gasteiger partial charge is 0.406 e. The topological polar surface area (TPSA) is 113 Å². The van der Waals surface area contributed by atoms with Crippen LogP contribution in [0.5, 0.6) is 5.75 Å². The maximum absolute atomic E-state index is 15.3. The summed E-state index contributed by atoms with van der Waals surface area (Å²) in [5.74, 6) is -1.31. The van der Waals surface area contributed by atoms with E-state index in [2.05, 4.69) is 20.0 Å². The first kappa shape index (κ1) is 26.8. The molecular formula is C27H29F4N5O3. The Kier molecular flexibility index (Phi) is 7.13. The summed E-state index contributed by atoms with van der Waals surface area (Å²) in [7, 11) is 1.61. The summed E-state index contributed by atoms with van der Waals surface area (Å²) in [5.41, 5.74) is 9.09. The number of rotatable bonds is 5. The van der Waals surface area contributed by atoms with Crippen LogP contribution in [0.4, 0.5) is 23.2 Å². The number of aryl methyl sites for hydroxylation is 1. The van der Waals surface area contributed by atoms with Crippen molar-refractivity contribution in [2.75, 3.05) is 25.9 Å². The number of fused-ring (bicyclic) bond motifs is 3. The van der Waals surface area contributed by atoms with E-state index in [4.69, 9.17) is 5.73 Å². The van der Waals surface area contributed by atoms with Gasteiger partial charge in [0.2, 0.25) is 5.91 Å². The number of alkyl halides is 3. The van der Waals surface area contributed by atoms with Gasteiger partial charge in [-0.05, 0) is 61.6 Å². The van der Waals surface area contributed by atoms with Crippen molar-refractivity contribution in [1.82, 2.24) is 20.2 Å². The average molecular weight is 548 g/mol. The Bertz CT molecular complexity index is 1410. The number of carbonyl (C=O) groups excluding carboxylic acids is 2. The van der Waals surface area contributed by atoms with Crippen molar-refractivity contribution in [3.05, 3.63) is 52.6 Å². The molecule has 1 atom stereocenters. The number of anilines is 1. The normalized spacial score (nSPS) is 18.2. The number of ether oxygens (including phenoxy) is 1. The van der Waals surface area contributed by atoms with Crippen LogP contribution in [0.1, 0.15) is 58.8 Å². The highest BCUT2D eigenvalue weighted by Gasteiger charge is 2.33. The maximum atomic E-state index is 15.3. The number of nitrogens with zero attached hydrogens (tertiary/aromatic N) is 2. The van der Waals surface area contributed by atoms with Gasteiger partial charge in [-0.2, -0.15) is 0 Å². The number of aromatic nitrogens is 2. The molecule has 4 N–H and O–H groups in total. The van der Waals surface area contributed by atoms with Crippen molar-refractivity contribution in [2.45, 2.75) is 50.8 Å². The van der Waals surface area contributed by atoms with Crippen LogP contribution in [0.3, 0.4) is 0 Å². The molecule has 0 spiro atoms. The first-order valence-corrected chi connectivity index (χ1v) is 12.9. The lowest BCUT2D eigenvalue weighted by Crippen LogP contribution is -2.38. The lowest BCUT2D eigenvalue weighted by atomic mass is 9.81. The molecule has 2 amide bonds. The monoisotopic (exact) mass is 547 g/mol. The SMILES string of the molecule is CNC(=O)CC1CCc2[nH]c3ncc(F)c(C4CCN(C(=O)c5ccc(OC(F)(F)F)cc5N)CC4)c3c2C1. The minimum absolute atomic E-state index is 0.0204. The van der Waals surface area contributed by atoms with E-state index in [1.54, 1.807) is 11.9 Å². The van der Waals surface area contributed by atoms with Gasteiger partial charge in [-0.1, -0.05) is 0 Å². The number of H-pyrrole nitrogens is 1. The van der Waals surface area contributed by atoms with Crippen LogP contribution in [0, 0.1) is 11.7 Å². The zero-order chi connectivity index (χ0) is 27.9. The molecule has 3 aromatic rings. The Morgan fingerprint density at radius 2 is 1.97 bits per heavy atom. The molecule has 8 nitrogen and oxygen atoms in total. The van der Waals surface area contributed by atoms with Crippen LogP contribution in [0.15, 0.2) is 24.4 Å². The molecule has 3 heterocycles. The van der Waals surface area contributed by atoms with E-state index in [0.29, 0.717) is 50.0 Å². The molecule has 1 aliphatic heterocycles. The van der Waals surface area contributed by atoms with Crippen LogP contribution in [0.25, 0.3) is 11.0 Å². The number of hydrogen-bond donors (Lipinski definition) is 3. The second-order valence-corrected chi connectivity index (χ2v) is 10.2. The standard InChI is InChI=1S/C27H29F4N5O3/c1-33-22(37)11-14-2-5-21-18(10-14)24-23(19(28)13-34-25(24)35-21)15-6-8-36(9-7-15)26(38)17-4-3-16(12-20(17)32)39-27(29,30)31/h3-4,12-15H,2,5-11,32H2,1H3,(H,33,37)(H,34,35). The number of nitrogens with one attached hydrogen (secondary N) is 2. The molecule has 1 unspecified atom stereocenters. The van der Waals surface area contributed by atoms with Gasteiger partial charge in [-0.15, -0.1) is 13.2 Å². The van der Waals surface area contributed by atoms with Gasteiger partial charge < -0.3 is 25.7 Å². The Balaban J connectivity index is 1.34. The van der Waals surface area contributed by atoms with Gasteiger partial charge in [0, 0.05) is 55.0 Å². The van der Waals surface area contributed by atoms with E-state index < -0.39 is 23.8 Å². The number of benzene rings is 1. The Morgan fingerprint density at radius 1 is 1.23 bits per heavy atom. The fraction of sp³-hybridized carbons (Fsp3) is 0.444. The summed E-state index contributed by atoms with van der Waals surface area (Å²) in [4.78, 5) is 34.3. The number of likely N-dealkylation sites (tertiary alicyclic amines) is 1. The molecule has 39 heavy (non-hydrogen) atoms. The number of amides is 2. The molecule has 5 rings (SSSR count). The van der Waals surface area contributed by atoms with Crippen LogP contribution in [-0.2, 0) is 17.6 Å². The quantitative estimate of drug-likeness (QED) is 0.323. The van der Waals surface area contributed by atoms with Crippen molar-refractivity contribution in [3.8, 4) is 5.75 Å². The van der Waals surface area contributed by atoms with Crippen molar-refractivity contribution >= 4 is 28.5 Å². The van der Waals surface area contributed by atoms with Gasteiger partial charge in [0.1, 0.15) is 17.2 Å². The van der Waals surface area contributed by atoms with E-state index in [1.165, 1.54) is 12.3 Å². The third kappa shape index (κ3) is 5.50. The van der Waals surface area contributed by atoms with Crippen molar-refractivity contribution in [3.63, 3.8) is 0 Å². The van der Waals surface area contributed by atoms with Crippen molar-refractivity contribution in [2.24, 2.45) is 5.92 Å². The van der Waals surface area contributed by atoms with Gasteiger partial charge in [0.15, 0.2) is 0 Å². The molecule has 208 valence electrons. The van der Waals surface area contributed by atoms with Crippen LogP contribution in [0.2, 0.25) is 0 Å². The van der Waals surface area contributed by atoms with Crippen molar-refractivity contribution < 1.29 is 31.9 Å². The molecule has 2 aliphatic rings. The third-order valence-electron chi connectivity index (χ3n) is 7.73. The molecule has 1 fully saturated rings. The molecule has 0 bridgehead atoms. The predicted molar refractivity (Wildman–Crippen MR) is 136 cm³/mol. The predicted octanol–water partition coefficient (Wildman–Crippen LogP) is 4.44. The van der Waals surface area contributed by atoms with E-state index in [1.807, 2.05) is 0 Å². The average Bonchev–Trinajstić information content (AvgIpc) is 3.25. The highest BCUT2D eigenvalue weighted by Crippen LogP contribution is 2.40. The second-order valence-electron chi connectivity index (χ2n) is 10.2. The summed E-state index contributed by atoms with van der Waals surface area (Å²) < 4.78 is 56.7. The Labute approximate surface area is 221 Å². The molecule has 0 radical (unpaired) electrons. The number of hydrogen-bond acceptors (Lipinski definition) is 5. The van der Waals surface area contributed by atoms with E-state index in [0.717, 1.165) is 41.6 Å². The Morgan fingerprint density at radius 3 is 2.64 bits per heavy atom. The molecule has 1 aromatic carbocycles. The number of halogens is 4. The largest absolute Gasteiger partial charge is 0.573 e. The van der Waals surface area contributed by atoms with E-state index in [9.17, 15) is 22.8 Å². The highest BCUT2D eigenvalue weighted by atomic mass is 19.4. The number of nitrogens with two attached hydrogens (primary N) is 1. The fourth-order valence-electron chi connectivity index (χ4n) is 5.86. The zero-order valence-electron chi connectivity index (χ0n) is 21.3. The molecule has 1 aliphatic carbocycles. The van der Waals surface area contributed by atoms with Gasteiger partial charge in [-0.25, -0.2) is 9.37 Å². The summed E-state index contributed by atoms with van der Waals surface area (Å²) in [5, 5.41) is 3.45. The summed E-state index contributed by atoms with van der Waals surface area (Å²) >= 11 is 0. The first-order chi connectivity index (χ1) is 18.5. The second kappa shape index (κ2) is 10.4. The summed E-state index contributed by atoms with van der Waals surface area (Å²) in [6.07, 6.45) is 0.0472. The lowest BCUT2D eigenvalue weighted by Gasteiger charge is -2.33. The number of carbonyl (C=O) groups is 2. The number of nitrogen functional groups attached to an aromatic ring is 1. The molecule has 12 heteroatoms. The number of piperidine rings is 1.